The van der Waals surface area contributed by atoms with Crippen molar-refractivity contribution in [3.8, 4) is 11.8 Å². The number of rotatable bonds is 11. The molecular weight excluding hydrogens is 418 g/mol. The van der Waals surface area contributed by atoms with Gasteiger partial charge >= 0.3 is 0 Å². The first kappa shape index (κ1) is 27.3. The summed E-state index contributed by atoms with van der Waals surface area (Å²) in [5.41, 5.74) is 2.62. The minimum atomic E-state index is 0.0690. The molecule has 9 heteroatoms. The molecule has 2 aromatic rings. The summed E-state index contributed by atoms with van der Waals surface area (Å²) in [7, 11) is 3.43. The van der Waals surface area contributed by atoms with Crippen LogP contribution in [-0.4, -0.2) is 64.8 Å². The Morgan fingerprint density at radius 1 is 1.39 bits per heavy atom. The molecule has 1 aromatic heterocycles. The van der Waals surface area contributed by atoms with Crippen LogP contribution in [0.1, 0.15) is 31.4 Å². The van der Waals surface area contributed by atoms with E-state index < -0.39 is 0 Å². The maximum absolute atomic E-state index is 11.7. The van der Waals surface area contributed by atoms with Crippen LogP contribution in [0.5, 0.6) is 5.75 Å². The molecule has 0 radical (unpaired) electrons. The third-order valence-electron chi connectivity index (χ3n) is 4.66. The lowest BCUT2D eigenvalue weighted by Crippen LogP contribution is -2.26. The largest absolute Gasteiger partial charge is 0.496 e. The molecule has 1 amide bonds. The van der Waals surface area contributed by atoms with E-state index in [2.05, 4.69) is 40.4 Å². The molecule has 0 fully saturated rings. The average Bonchev–Trinajstić information content (AvgIpc) is 3.36. The van der Waals surface area contributed by atoms with Crippen molar-refractivity contribution >= 4 is 12.1 Å². The standard InChI is InChI=1S/C12H17N5O.C12H16N2O/c1-4-11(9-12(18)16(3)5-2)7-6-8-17-10-13-14-15-17;1-3-14-7-6-11-8-10(9-13)4-5-12(11)15-2/h4,6-8,10H,1,5,9H2,2-3H3;4-5,8,14H,3,6-7H2,1-2H3/b8-6+,11-7+;. The second-order valence-corrected chi connectivity index (χ2v) is 6.90. The van der Waals surface area contributed by atoms with E-state index in [-0.39, 0.29) is 5.91 Å². The number of likely N-dealkylation sites (N-methyl/N-ethyl adjacent to an activating group) is 1. The number of methoxy groups -OCH3 is 1. The monoisotopic (exact) mass is 451 g/mol. The minimum absolute atomic E-state index is 0.0690. The highest BCUT2D eigenvalue weighted by Crippen LogP contribution is 2.19. The molecule has 0 atom stereocenters. The number of tetrazole rings is 1. The maximum Gasteiger partial charge on any atom is 0.226 e. The number of nitriles is 1. The third-order valence-corrected chi connectivity index (χ3v) is 4.66. The highest BCUT2D eigenvalue weighted by molar-refractivity contribution is 5.79. The molecule has 1 aromatic carbocycles. The molecule has 0 spiro atoms. The van der Waals surface area contributed by atoms with Gasteiger partial charge in [-0.2, -0.15) is 5.26 Å². The Morgan fingerprint density at radius 3 is 2.76 bits per heavy atom. The first-order valence-electron chi connectivity index (χ1n) is 10.7. The molecular formula is C24H33N7O2. The lowest BCUT2D eigenvalue weighted by Gasteiger charge is -2.14. The number of nitrogens with one attached hydrogen (secondary N) is 1. The van der Waals surface area contributed by atoms with Crippen molar-refractivity contribution in [1.29, 1.82) is 5.26 Å². The summed E-state index contributed by atoms with van der Waals surface area (Å²) >= 11 is 0. The molecule has 0 unspecified atom stereocenters. The smallest absolute Gasteiger partial charge is 0.226 e. The average molecular weight is 452 g/mol. The minimum Gasteiger partial charge on any atom is -0.496 e. The molecule has 2 rings (SSSR count). The zero-order valence-corrected chi connectivity index (χ0v) is 19.9. The van der Waals surface area contributed by atoms with Gasteiger partial charge in [0.15, 0.2) is 0 Å². The number of carbonyl (C=O) groups excluding carboxylic acids is 1. The number of carbonyl (C=O) groups is 1. The normalized spacial score (nSPS) is 10.8. The first-order chi connectivity index (χ1) is 16.0. The number of nitrogens with zero attached hydrogens (tertiary/aromatic N) is 6. The highest BCUT2D eigenvalue weighted by Gasteiger charge is 2.07. The predicted octanol–water partition coefficient (Wildman–Crippen LogP) is 2.84. The van der Waals surface area contributed by atoms with E-state index in [9.17, 15) is 4.79 Å². The number of ether oxygens (including phenoxy) is 1. The second-order valence-electron chi connectivity index (χ2n) is 6.90. The summed E-state index contributed by atoms with van der Waals surface area (Å²) in [4.78, 5) is 13.4. The van der Waals surface area contributed by atoms with Crippen molar-refractivity contribution in [1.82, 2.24) is 30.4 Å². The molecule has 1 N–H and O–H groups in total. The van der Waals surface area contributed by atoms with E-state index in [0.29, 0.717) is 18.5 Å². The molecule has 0 saturated heterocycles. The summed E-state index contributed by atoms with van der Waals surface area (Å²) in [6, 6.07) is 7.64. The Labute approximate surface area is 196 Å². The van der Waals surface area contributed by atoms with Crippen LogP contribution in [0.4, 0.5) is 0 Å². The Morgan fingerprint density at radius 2 is 2.18 bits per heavy atom. The molecule has 0 aliphatic rings. The van der Waals surface area contributed by atoms with Crippen LogP contribution in [0.15, 0.2) is 54.9 Å². The van der Waals surface area contributed by atoms with E-state index >= 15 is 0 Å². The molecule has 0 saturated carbocycles. The predicted molar refractivity (Wildman–Crippen MR) is 129 cm³/mol. The third kappa shape index (κ3) is 10.4. The van der Waals surface area contributed by atoms with Crippen LogP contribution in [0.25, 0.3) is 6.20 Å². The number of allylic oxidation sites excluding steroid dienone is 3. The van der Waals surface area contributed by atoms with Gasteiger partial charge in [0.25, 0.3) is 0 Å². The zero-order chi connectivity index (χ0) is 24.5. The summed E-state index contributed by atoms with van der Waals surface area (Å²) in [5.74, 6) is 0.923. The Balaban J connectivity index is 0.000000335. The molecule has 1 heterocycles. The number of hydrogen-bond acceptors (Lipinski definition) is 7. The Hall–Kier alpha value is -3.77. The number of benzene rings is 1. The van der Waals surface area contributed by atoms with Crippen molar-refractivity contribution in [3.05, 3.63) is 66.0 Å². The topological polar surface area (TPSA) is 109 Å². The molecule has 0 bridgehead atoms. The van der Waals surface area contributed by atoms with Gasteiger partial charge in [-0.15, -0.1) is 5.10 Å². The van der Waals surface area contributed by atoms with Crippen molar-refractivity contribution in [2.45, 2.75) is 26.7 Å². The Kier molecular flexibility index (Phi) is 13.2. The first-order valence-corrected chi connectivity index (χ1v) is 10.7. The molecule has 0 aliphatic heterocycles. The lowest BCUT2D eigenvalue weighted by molar-refractivity contribution is -0.128. The van der Waals surface area contributed by atoms with Crippen molar-refractivity contribution < 1.29 is 9.53 Å². The van der Waals surface area contributed by atoms with Gasteiger partial charge in [0.1, 0.15) is 12.1 Å². The Bertz CT molecular complexity index is 960. The second kappa shape index (κ2) is 15.9. The van der Waals surface area contributed by atoms with Crippen LogP contribution in [0.2, 0.25) is 0 Å². The number of amides is 1. The SMILES string of the molecule is C=C/C(=C\C=C\n1cnnn1)CC(=O)N(C)CC.CCNCCc1cc(C#N)ccc1OC. The summed E-state index contributed by atoms with van der Waals surface area (Å²) in [5, 5.41) is 22.7. The van der Waals surface area contributed by atoms with E-state index in [1.807, 2.05) is 25.1 Å². The van der Waals surface area contributed by atoms with Gasteiger partial charge < -0.3 is 15.0 Å². The van der Waals surface area contributed by atoms with E-state index in [1.54, 1.807) is 43.5 Å². The van der Waals surface area contributed by atoms with Gasteiger partial charge in [-0.1, -0.05) is 25.7 Å². The fourth-order valence-corrected chi connectivity index (χ4v) is 2.62. The van der Waals surface area contributed by atoms with Crippen LogP contribution in [0, 0.1) is 11.3 Å². The van der Waals surface area contributed by atoms with Crippen molar-refractivity contribution in [2.24, 2.45) is 0 Å². The van der Waals surface area contributed by atoms with Crippen molar-refractivity contribution in [2.75, 3.05) is 33.8 Å². The number of hydrogen-bond donors (Lipinski definition) is 1. The van der Waals surface area contributed by atoms with Crippen LogP contribution in [0.3, 0.4) is 0 Å². The van der Waals surface area contributed by atoms with Gasteiger partial charge in [-0.25, -0.2) is 4.68 Å². The number of aromatic nitrogens is 4. The molecule has 176 valence electrons. The molecule has 0 aliphatic carbocycles. The lowest BCUT2D eigenvalue weighted by atomic mass is 10.1. The van der Waals surface area contributed by atoms with Crippen molar-refractivity contribution in [3.63, 3.8) is 0 Å². The summed E-state index contributed by atoms with van der Waals surface area (Å²) in [6.45, 7) is 10.3. The molecule has 33 heavy (non-hydrogen) atoms. The summed E-state index contributed by atoms with van der Waals surface area (Å²) < 4.78 is 6.71. The van der Waals surface area contributed by atoms with Crippen LogP contribution >= 0.6 is 0 Å². The highest BCUT2D eigenvalue weighted by atomic mass is 16.5. The van der Waals surface area contributed by atoms with E-state index in [1.165, 1.54) is 11.0 Å². The fourth-order valence-electron chi connectivity index (χ4n) is 2.62. The zero-order valence-electron chi connectivity index (χ0n) is 19.9. The van der Waals surface area contributed by atoms with Gasteiger partial charge in [-0.3, -0.25) is 4.79 Å². The van der Waals surface area contributed by atoms with E-state index in [0.717, 1.165) is 36.4 Å². The fraction of sp³-hybridized carbons (Fsp3) is 0.375. The summed E-state index contributed by atoms with van der Waals surface area (Å²) in [6.07, 6.45) is 9.65. The van der Waals surface area contributed by atoms with Gasteiger partial charge in [-0.05, 0) is 72.3 Å². The molecule has 9 nitrogen and oxygen atoms in total. The van der Waals surface area contributed by atoms with Gasteiger partial charge in [0.2, 0.25) is 5.91 Å². The maximum atomic E-state index is 11.7. The van der Waals surface area contributed by atoms with E-state index in [4.69, 9.17) is 10.00 Å². The van der Waals surface area contributed by atoms with Crippen LogP contribution < -0.4 is 10.1 Å². The quantitative estimate of drug-likeness (QED) is 0.413. The van der Waals surface area contributed by atoms with Gasteiger partial charge in [0.05, 0.1) is 25.2 Å². The van der Waals surface area contributed by atoms with Crippen LogP contribution in [-0.2, 0) is 11.2 Å². The van der Waals surface area contributed by atoms with Gasteiger partial charge in [0, 0.05) is 19.8 Å².